The smallest absolute Gasteiger partial charge is 0.321 e. The molecule has 0 bridgehead atoms. The van der Waals surface area contributed by atoms with Crippen LogP contribution in [0.15, 0.2) is 48.6 Å². The van der Waals surface area contributed by atoms with Crippen LogP contribution in [0.1, 0.15) is 26.7 Å². The van der Waals surface area contributed by atoms with E-state index in [2.05, 4.69) is 5.32 Å². The number of rotatable bonds is 3. The quantitative estimate of drug-likeness (QED) is 0.790. The number of carbonyl (C=O) groups is 3. The van der Waals surface area contributed by atoms with Gasteiger partial charge in [0.1, 0.15) is 5.82 Å². The van der Waals surface area contributed by atoms with Gasteiger partial charge in [0.05, 0.1) is 0 Å². The van der Waals surface area contributed by atoms with E-state index in [9.17, 15) is 18.8 Å². The number of urea groups is 1. The van der Waals surface area contributed by atoms with E-state index in [-0.39, 0.29) is 35.0 Å². The van der Waals surface area contributed by atoms with Crippen molar-refractivity contribution >= 4 is 23.5 Å². The molecule has 154 valence electrons. The van der Waals surface area contributed by atoms with Crippen LogP contribution in [0.2, 0.25) is 0 Å². The molecule has 3 rings (SSSR count). The fraction of sp³-hybridized carbons (Fsp3) is 0.409. The summed E-state index contributed by atoms with van der Waals surface area (Å²) in [7, 11) is 0. The Hall–Kier alpha value is -2.96. The van der Waals surface area contributed by atoms with Gasteiger partial charge < -0.3 is 10.2 Å². The summed E-state index contributed by atoms with van der Waals surface area (Å²) in [4.78, 5) is 39.7. The maximum atomic E-state index is 13.0. The van der Waals surface area contributed by atoms with E-state index < -0.39 is 0 Å². The summed E-state index contributed by atoms with van der Waals surface area (Å²) in [6.45, 7) is 5.45. The van der Waals surface area contributed by atoms with Crippen molar-refractivity contribution in [1.82, 2.24) is 9.80 Å². The number of nitrogens with zero attached hydrogens (tertiary/aromatic N) is 2. The fourth-order valence-electron chi connectivity index (χ4n) is 3.45. The first-order valence-electron chi connectivity index (χ1n) is 9.78. The van der Waals surface area contributed by atoms with Crippen LogP contribution in [0.3, 0.4) is 0 Å². The van der Waals surface area contributed by atoms with E-state index in [1.54, 1.807) is 4.90 Å². The predicted molar refractivity (Wildman–Crippen MR) is 108 cm³/mol. The van der Waals surface area contributed by atoms with Crippen molar-refractivity contribution < 1.29 is 18.8 Å². The number of nitrogens with one attached hydrogen (secondary N) is 1. The summed E-state index contributed by atoms with van der Waals surface area (Å²) in [5.74, 6) is -0.761. The molecule has 0 radical (unpaired) electrons. The van der Waals surface area contributed by atoms with Crippen molar-refractivity contribution in [1.29, 1.82) is 0 Å². The van der Waals surface area contributed by atoms with Crippen LogP contribution in [0, 0.1) is 17.2 Å². The summed E-state index contributed by atoms with van der Waals surface area (Å²) in [6, 6.07) is 5.42. The zero-order valence-corrected chi connectivity index (χ0v) is 16.7. The highest BCUT2D eigenvalue weighted by Gasteiger charge is 2.30. The van der Waals surface area contributed by atoms with Gasteiger partial charge in [-0.25, -0.2) is 9.18 Å². The van der Waals surface area contributed by atoms with Gasteiger partial charge in [0, 0.05) is 36.8 Å². The van der Waals surface area contributed by atoms with Crippen LogP contribution < -0.4 is 5.32 Å². The Morgan fingerprint density at radius 2 is 1.83 bits per heavy atom. The molecule has 4 amide bonds. The van der Waals surface area contributed by atoms with Gasteiger partial charge in [0.25, 0.3) is 11.8 Å². The van der Waals surface area contributed by atoms with Gasteiger partial charge in [-0.3, -0.25) is 14.5 Å². The summed E-state index contributed by atoms with van der Waals surface area (Å²) < 4.78 is 13.0. The Morgan fingerprint density at radius 1 is 1.17 bits per heavy atom. The molecule has 29 heavy (non-hydrogen) atoms. The number of allylic oxidation sites excluding steroid dienone is 1. The lowest BCUT2D eigenvalue weighted by atomic mass is 9.89. The number of hydrogen-bond acceptors (Lipinski definition) is 3. The molecule has 7 heteroatoms. The lowest BCUT2D eigenvalue weighted by Gasteiger charge is -2.32. The van der Waals surface area contributed by atoms with Crippen molar-refractivity contribution in [3.05, 3.63) is 54.4 Å². The average Bonchev–Trinajstić information content (AvgIpc) is 2.70. The highest BCUT2D eigenvalue weighted by atomic mass is 19.1. The predicted octanol–water partition coefficient (Wildman–Crippen LogP) is 3.58. The minimum Gasteiger partial charge on any atom is -0.324 e. The molecule has 2 aliphatic heterocycles. The number of likely N-dealkylation sites (tertiary alicyclic amines) is 1. The van der Waals surface area contributed by atoms with Crippen LogP contribution in [-0.4, -0.2) is 47.3 Å². The number of benzene rings is 1. The molecule has 2 aliphatic rings. The largest absolute Gasteiger partial charge is 0.324 e. The second kappa shape index (κ2) is 8.59. The van der Waals surface area contributed by atoms with Crippen LogP contribution in [0.5, 0.6) is 0 Å². The Labute approximate surface area is 170 Å². The maximum absolute atomic E-state index is 13.0. The van der Waals surface area contributed by atoms with Crippen LogP contribution in [0.25, 0.3) is 0 Å². The number of carbonyl (C=O) groups excluding carboxylic acids is 3. The molecular weight excluding hydrogens is 373 g/mol. The topological polar surface area (TPSA) is 69.7 Å². The Balaban J connectivity index is 1.48. The molecule has 1 saturated heterocycles. The van der Waals surface area contributed by atoms with Gasteiger partial charge in [-0.15, -0.1) is 0 Å². The minimum atomic E-state index is -0.351. The number of piperidine rings is 1. The maximum Gasteiger partial charge on any atom is 0.321 e. The van der Waals surface area contributed by atoms with Crippen molar-refractivity contribution in [3.8, 4) is 0 Å². The number of anilines is 1. The van der Waals surface area contributed by atoms with E-state index in [0.29, 0.717) is 25.3 Å². The molecule has 0 aliphatic carbocycles. The van der Waals surface area contributed by atoms with Crippen molar-refractivity contribution in [3.63, 3.8) is 0 Å². The van der Waals surface area contributed by atoms with E-state index >= 15 is 0 Å². The molecule has 1 aromatic rings. The molecule has 0 atom stereocenters. The Kier molecular flexibility index (Phi) is 6.15. The van der Waals surface area contributed by atoms with Gasteiger partial charge in [0.2, 0.25) is 0 Å². The first-order chi connectivity index (χ1) is 13.7. The fourth-order valence-corrected chi connectivity index (χ4v) is 3.45. The third kappa shape index (κ3) is 5.53. The monoisotopic (exact) mass is 399 g/mol. The van der Waals surface area contributed by atoms with Crippen molar-refractivity contribution in [2.75, 3.05) is 25.0 Å². The van der Waals surface area contributed by atoms with E-state index in [0.717, 1.165) is 12.8 Å². The number of imide groups is 1. The molecule has 1 aromatic carbocycles. The summed E-state index contributed by atoms with van der Waals surface area (Å²) >= 11 is 0. The van der Waals surface area contributed by atoms with Gasteiger partial charge in [-0.05, 0) is 49.1 Å². The van der Waals surface area contributed by atoms with Gasteiger partial charge in [0.15, 0.2) is 0 Å². The Morgan fingerprint density at radius 3 is 2.48 bits per heavy atom. The van der Waals surface area contributed by atoms with Crippen LogP contribution in [0.4, 0.5) is 14.9 Å². The third-order valence-corrected chi connectivity index (χ3v) is 5.21. The number of amides is 4. The highest BCUT2D eigenvalue weighted by Crippen LogP contribution is 2.24. The van der Waals surface area contributed by atoms with E-state index in [1.807, 2.05) is 26.0 Å². The number of halogens is 1. The molecule has 1 fully saturated rings. The molecule has 0 aromatic heterocycles. The van der Waals surface area contributed by atoms with E-state index in [4.69, 9.17) is 0 Å². The summed E-state index contributed by atoms with van der Waals surface area (Å²) in [6.07, 6.45) is 8.07. The second-order valence-electron chi connectivity index (χ2n) is 8.21. The second-order valence-corrected chi connectivity index (χ2v) is 8.21. The molecule has 1 N–H and O–H groups in total. The van der Waals surface area contributed by atoms with Crippen LogP contribution in [-0.2, 0) is 9.59 Å². The first kappa shape index (κ1) is 20.8. The normalized spacial score (nSPS) is 19.6. The van der Waals surface area contributed by atoms with Gasteiger partial charge in [-0.2, -0.15) is 0 Å². The highest BCUT2D eigenvalue weighted by molar-refractivity contribution is 6.05. The summed E-state index contributed by atoms with van der Waals surface area (Å²) in [5.41, 5.74) is 0.327. The standard InChI is InChI=1S/C22H26FN3O3/c1-22(2)12-9-20(28)26(15-22)19(27)8-3-16-10-13-25(14-11-16)21(29)24-18-6-4-17(23)5-7-18/h3-9,12,16H,10-11,13-15H2,1-2H3,(H,24,29). The zero-order valence-electron chi connectivity index (χ0n) is 16.7. The minimum absolute atomic E-state index is 0.178. The Bertz CT molecular complexity index is 837. The molecule has 6 nitrogen and oxygen atoms in total. The van der Waals surface area contributed by atoms with Gasteiger partial charge in [-0.1, -0.05) is 26.0 Å². The van der Waals surface area contributed by atoms with Crippen molar-refractivity contribution in [2.24, 2.45) is 11.3 Å². The lowest BCUT2D eigenvalue weighted by Crippen LogP contribution is -2.44. The molecule has 2 heterocycles. The first-order valence-corrected chi connectivity index (χ1v) is 9.78. The molecule has 0 saturated carbocycles. The molecular formula is C22H26FN3O3. The van der Waals surface area contributed by atoms with Gasteiger partial charge >= 0.3 is 6.03 Å². The number of hydrogen-bond donors (Lipinski definition) is 1. The average molecular weight is 399 g/mol. The summed E-state index contributed by atoms with van der Waals surface area (Å²) in [5, 5.41) is 2.76. The van der Waals surface area contributed by atoms with Crippen LogP contribution >= 0.6 is 0 Å². The van der Waals surface area contributed by atoms with E-state index in [1.165, 1.54) is 41.3 Å². The third-order valence-electron chi connectivity index (χ3n) is 5.21. The zero-order chi connectivity index (χ0) is 21.0. The SMILES string of the molecule is CC1(C)C=CC(=O)N(C(=O)C=CC2CCN(C(=O)Nc3ccc(F)cc3)CC2)C1. The lowest BCUT2D eigenvalue weighted by molar-refractivity contribution is -0.140. The van der Waals surface area contributed by atoms with Crippen molar-refractivity contribution in [2.45, 2.75) is 26.7 Å². The molecule has 0 spiro atoms. The molecule has 0 unspecified atom stereocenters.